The predicted octanol–water partition coefficient (Wildman–Crippen LogP) is 0.669. The lowest BCUT2D eigenvalue weighted by atomic mass is 9.81. The summed E-state index contributed by atoms with van der Waals surface area (Å²) in [5, 5.41) is 9.16. The second kappa shape index (κ2) is 7.42. The van der Waals surface area contributed by atoms with E-state index < -0.39 is 7.12 Å². The van der Waals surface area contributed by atoms with Gasteiger partial charge < -0.3 is 19.3 Å². The Morgan fingerprint density at radius 2 is 1.85 bits per heavy atom. The molecule has 1 aromatic heterocycles. The molecule has 0 saturated carbocycles. The van der Waals surface area contributed by atoms with Crippen LogP contribution in [0.5, 0.6) is 0 Å². The molecule has 0 radical (unpaired) electrons. The molecule has 7 nitrogen and oxygen atoms in total. The fourth-order valence-corrected chi connectivity index (χ4v) is 3.47. The van der Waals surface area contributed by atoms with Crippen LogP contribution in [-0.4, -0.2) is 77.6 Å². The maximum Gasteiger partial charge on any atom is 0.498 e. The van der Waals surface area contributed by atoms with Gasteiger partial charge in [0.25, 0.3) is 0 Å². The Hall–Kier alpha value is -1.22. The van der Waals surface area contributed by atoms with Crippen LogP contribution < -0.4 is 10.4 Å². The number of rotatable bonds is 5. The summed E-state index contributed by atoms with van der Waals surface area (Å²) in [6.07, 6.45) is 5.84. The maximum absolute atomic E-state index is 9.16. The molecular formula is C18H31BN4O3. The summed E-state index contributed by atoms with van der Waals surface area (Å²) in [5.74, 6) is 0.709. The SMILES string of the molecule is CN(c1ncc(B2OC(C)(C)C(C)(C)O2)cn1)C1CCCN(CCO)C1. The van der Waals surface area contributed by atoms with Crippen molar-refractivity contribution in [2.24, 2.45) is 0 Å². The first-order chi connectivity index (χ1) is 12.2. The van der Waals surface area contributed by atoms with Gasteiger partial charge in [0, 0.05) is 44.0 Å². The number of aliphatic hydroxyl groups is 1. The van der Waals surface area contributed by atoms with Gasteiger partial charge in [0.05, 0.1) is 17.8 Å². The number of nitrogens with zero attached hydrogens (tertiary/aromatic N) is 4. The number of hydrogen-bond acceptors (Lipinski definition) is 7. The van der Waals surface area contributed by atoms with E-state index in [4.69, 9.17) is 14.4 Å². The summed E-state index contributed by atoms with van der Waals surface area (Å²) in [7, 11) is 1.60. The fraction of sp³-hybridized carbons (Fsp3) is 0.778. The van der Waals surface area contributed by atoms with Crippen LogP contribution in [0.15, 0.2) is 12.4 Å². The number of hydrogen-bond donors (Lipinski definition) is 1. The first kappa shape index (κ1) is 19.5. The van der Waals surface area contributed by atoms with E-state index in [0.717, 1.165) is 37.9 Å². The van der Waals surface area contributed by atoms with Crippen molar-refractivity contribution >= 4 is 18.5 Å². The highest BCUT2D eigenvalue weighted by Gasteiger charge is 2.52. The molecule has 3 heterocycles. The Bertz CT molecular complexity index is 593. The summed E-state index contributed by atoms with van der Waals surface area (Å²) in [4.78, 5) is 13.5. The summed E-state index contributed by atoms with van der Waals surface area (Å²) in [6.45, 7) is 11.1. The van der Waals surface area contributed by atoms with Gasteiger partial charge in [-0.1, -0.05) is 0 Å². The molecule has 0 aromatic carbocycles. The number of aromatic nitrogens is 2. The minimum absolute atomic E-state index is 0.204. The zero-order valence-electron chi connectivity index (χ0n) is 16.6. The van der Waals surface area contributed by atoms with E-state index in [-0.39, 0.29) is 17.8 Å². The average molecular weight is 362 g/mol. The molecule has 1 unspecified atom stereocenters. The molecule has 2 saturated heterocycles. The Kier molecular flexibility index (Phi) is 5.58. The topological polar surface area (TPSA) is 71.0 Å². The molecule has 0 amide bonds. The van der Waals surface area contributed by atoms with E-state index in [0.29, 0.717) is 12.0 Å². The van der Waals surface area contributed by atoms with Gasteiger partial charge >= 0.3 is 7.12 Å². The van der Waals surface area contributed by atoms with Crippen LogP contribution in [0.3, 0.4) is 0 Å². The number of likely N-dealkylation sites (N-methyl/N-ethyl adjacent to an activating group) is 1. The number of β-amino-alcohol motifs (C(OH)–C–C–N with tert-alkyl or cyclic N) is 1. The number of piperidine rings is 1. The molecule has 8 heteroatoms. The third-order valence-electron chi connectivity index (χ3n) is 5.94. The van der Waals surface area contributed by atoms with Gasteiger partial charge in [0.2, 0.25) is 5.95 Å². The monoisotopic (exact) mass is 362 g/mol. The van der Waals surface area contributed by atoms with Crippen LogP contribution in [0.2, 0.25) is 0 Å². The van der Waals surface area contributed by atoms with E-state index in [2.05, 4.69) is 19.8 Å². The van der Waals surface area contributed by atoms with Gasteiger partial charge in [0.15, 0.2) is 0 Å². The third-order valence-corrected chi connectivity index (χ3v) is 5.94. The Labute approximate surface area is 156 Å². The van der Waals surface area contributed by atoms with Crippen molar-refractivity contribution in [1.82, 2.24) is 14.9 Å². The first-order valence-electron chi connectivity index (χ1n) is 9.47. The highest BCUT2D eigenvalue weighted by molar-refractivity contribution is 6.61. The van der Waals surface area contributed by atoms with Gasteiger partial charge in [-0.25, -0.2) is 9.97 Å². The molecule has 2 aliphatic rings. The second-order valence-electron chi connectivity index (χ2n) is 8.34. The van der Waals surface area contributed by atoms with Crippen LogP contribution >= 0.6 is 0 Å². The summed E-state index contributed by atoms with van der Waals surface area (Å²) >= 11 is 0. The van der Waals surface area contributed by atoms with Crippen molar-refractivity contribution in [3.8, 4) is 0 Å². The molecule has 0 spiro atoms. The van der Waals surface area contributed by atoms with Gasteiger partial charge in [0.1, 0.15) is 0 Å². The molecule has 3 rings (SSSR count). The van der Waals surface area contributed by atoms with E-state index in [1.807, 2.05) is 34.7 Å². The molecule has 1 N–H and O–H groups in total. The fourth-order valence-electron chi connectivity index (χ4n) is 3.47. The Morgan fingerprint density at radius 1 is 1.23 bits per heavy atom. The second-order valence-corrected chi connectivity index (χ2v) is 8.34. The largest absolute Gasteiger partial charge is 0.498 e. The lowest BCUT2D eigenvalue weighted by Gasteiger charge is -2.37. The van der Waals surface area contributed by atoms with Crippen molar-refractivity contribution in [1.29, 1.82) is 0 Å². The summed E-state index contributed by atoms with van der Waals surface area (Å²) in [5.41, 5.74) is 0.0999. The van der Waals surface area contributed by atoms with E-state index in [9.17, 15) is 0 Å². The highest BCUT2D eigenvalue weighted by Crippen LogP contribution is 2.36. The molecule has 1 aromatic rings. The smallest absolute Gasteiger partial charge is 0.399 e. The summed E-state index contributed by atoms with van der Waals surface area (Å²) < 4.78 is 12.1. The van der Waals surface area contributed by atoms with E-state index in [1.165, 1.54) is 0 Å². The van der Waals surface area contributed by atoms with Crippen LogP contribution in [0.1, 0.15) is 40.5 Å². The minimum Gasteiger partial charge on any atom is -0.399 e. The standard InChI is InChI=1S/C18H31BN4O3/c1-17(2)18(3,4)26-19(25-17)14-11-20-16(21-12-14)22(5)15-7-6-8-23(13-15)9-10-24/h11-12,15,24H,6-10,13H2,1-5H3. The van der Waals surface area contributed by atoms with Gasteiger partial charge in [-0.15, -0.1) is 0 Å². The quantitative estimate of drug-likeness (QED) is 0.772. The molecular weight excluding hydrogens is 331 g/mol. The summed E-state index contributed by atoms with van der Waals surface area (Å²) in [6, 6.07) is 0.359. The lowest BCUT2D eigenvalue weighted by Crippen LogP contribution is -2.48. The average Bonchev–Trinajstić information content (AvgIpc) is 2.83. The van der Waals surface area contributed by atoms with Crippen LogP contribution in [0, 0.1) is 0 Å². The van der Waals surface area contributed by atoms with Crippen molar-refractivity contribution < 1.29 is 14.4 Å². The van der Waals surface area contributed by atoms with E-state index >= 15 is 0 Å². The third kappa shape index (κ3) is 3.88. The molecule has 0 aliphatic carbocycles. The van der Waals surface area contributed by atoms with Gasteiger partial charge in [-0.3, -0.25) is 4.90 Å². The molecule has 0 bridgehead atoms. The van der Waals surface area contributed by atoms with Crippen LogP contribution in [-0.2, 0) is 9.31 Å². The first-order valence-corrected chi connectivity index (χ1v) is 9.47. The lowest BCUT2D eigenvalue weighted by molar-refractivity contribution is 0.00578. The molecule has 1 atom stereocenters. The molecule has 2 aliphatic heterocycles. The zero-order valence-corrected chi connectivity index (χ0v) is 16.6. The molecule has 2 fully saturated rings. The number of aliphatic hydroxyl groups excluding tert-OH is 1. The van der Waals surface area contributed by atoms with E-state index in [1.54, 1.807) is 12.4 Å². The van der Waals surface area contributed by atoms with Crippen molar-refractivity contribution in [2.45, 2.75) is 57.8 Å². The van der Waals surface area contributed by atoms with Crippen molar-refractivity contribution in [3.05, 3.63) is 12.4 Å². The maximum atomic E-state index is 9.16. The van der Waals surface area contributed by atoms with Crippen LogP contribution in [0.4, 0.5) is 5.95 Å². The number of anilines is 1. The molecule has 144 valence electrons. The van der Waals surface area contributed by atoms with Crippen molar-refractivity contribution in [3.63, 3.8) is 0 Å². The minimum atomic E-state index is -0.436. The van der Waals surface area contributed by atoms with Gasteiger partial charge in [-0.05, 0) is 47.1 Å². The zero-order chi connectivity index (χ0) is 18.9. The van der Waals surface area contributed by atoms with Gasteiger partial charge in [-0.2, -0.15) is 0 Å². The van der Waals surface area contributed by atoms with Crippen LogP contribution in [0.25, 0.3) is 0 Å². The highest BCUT2D eigenvalue weighted by atomic mass is 16.7. The number of likely N-dealkylation sites (tertiary alicyclic amines) is 1. The predicted molar refractivity (Wildman–Crippen MR) is 103 cm³/mol. The Morgan fingerprint density at radius 3 is 2.42 bits per heavy atom. The normalized spacial score (nSPS) is 25.5. The molecule has 26 heavy (non-hydrogen) atoms. The van der Waals surface area contributed by atoms with Crippen molar-refractivity contribution in [2.75, 3.05) is 38.2 Å². The Balaban J connectivity index is 1.66.